The lowest BCUT2D eigenvalue weighted by atomic mass is 9.85. The number of hydrogen-bond donors (Lipinski definition) is 3. The summed E-state index contributed by atoms with van der Waals surface area (Å²) in [6.07, 6.45) is 2.71. The minimum atomic E-state index is -0.642. The van der Waals surface area contributed by atoms with Gasteiger partial charge in [-0.1, -0.05) is 84.8 Å². The van der Waals surface area contributed by atoms with Gasteiger partial charge in [0.25, 0.3) is 0 Å². The van der Waals surface area contributed by atoms with E-state index in [2.05, 4.69) is 43.5 Å². The largest absolute Gasteiger partial charge is 0.391 e. The molecule has 0 saturated carbocycles. The van der Waals surface area contributed by atoms with Crippen LogP contribution in [0.2, 0.25) is 0 Å². The van der Waals surface area contributed by atoms with Gasteiger partial charge >= 0.3 is 0 Å². The third-order valence-corrected chi connectivity index (χ3v) is 7.38. The van der Waals surface area contributed by atoms with E-state index in [1.165, 1.54) is 4.90 Å². The molecule has 3 rings (SSSR count). The number of benzene rings is 1. The molecule has 3 N–H and O–H groups in total. The van der Waals surface area contributed by atoms with Crippen molar-refractivity contribution < 1.29 is 24.0 Å². The Kier molecular flexibility index (Phi) is 13.5. The molecule has 1 saturated heterocycles. The first kappa shape index (κ1) is 34.8. The number of aromatic nitrogens is 1. The molecule has 3 atom stereocenters. The summed E-state index contributed by atoms with van der Waals surface area (Å²) in [6, 6.07) is 7.33. The molecule has 2 aromatic rings. The molecule has 1 fully saturated rings. The third kappa shape index (κ3) is 10.1. The zero-order chi connectivity index (χ0) is 30.7. The Balaban J connectivity index is 0.000000430. The first-order valence-corrected chi connectivity index (χ1v) is 14.2. The molecule has 3 amide bonds. The van der Waals surface area contributed by atoms with Gasteiger partial charge < -0.3 is 25.2 Å². The number of carbonyl (C=O) groups is 3. The number of carbonyl (C=O) groups excluding carboxylic acids is 3. The molecule has 0 aliphatic carbocycles. The average molecular weight is 559 g/mol. The molecular weight excluding hydrogens is 508 g/mol. The third-order valence-electron chi connectivity index (χ3n) is 7.38. The lowest BCUT2D eigenvalue weighted by Crippen LogP contribution is -2.46. The first-order chi connectivity index (χ1) is 18.7. The molecule has 0 bridgehead atoms. The van der Waals surface area contributed by atoms with Crippen LogP contribution in [0, 0.1) is 17.8 Å². The molecule has 0 spiro atoms. The summed E-state index contributed by atoms with van der Waals surface area (Å²) in [6.45, 7) is 20.9. The van der Waals surface area contributed by atoms with Gasteiger partial charge in [-0.05, 0) is 36.8 Å². The summed E-state index contributed by atoms with van der Waals surface area (Å²) in [5.74, 6) is -0.0972. The number of likely N-dealkylation sites (tertiary alicyclic amines) is 1. The van der Waals surface area contributed by atoms with Crippen LogP contribution >= 0.6 is 0 Å². The number of nitrogens with one attached hydrogen (secondary N) is 2. The highest BCUT2D eigenvalue weighted by molar-refractivity contribution is 5.84. The maximum absolute atomic E-state index is 12.2. The van der Waals surface area contributed by atoms with E-state index in [9.17, 15) is 19.5 Å². The van der Waals surface area contributed by atoms with Crippen molar-refractivity contribution in [3.63, 3.8) is 0 Å². The van der Waals surface area contributed by atoms with Crippen molar-refractivity contribution >= 4 is 18.2 Å². The number of β-amino-alcohol motifs (C(OH)–C–C–N with tert-alkyl or cyclic N) is 1. The molecular formula is C31H50N4O5. The van der Waals surface area contributed by atoms with Crippen molar-refractivity contribution in [2.45, 2.75) is 107 Å². The highest BCUT2D eigenvalue weighted by Crippen LogP contribution is 2.24. The number of hydrogen-bond acceptors (Lipinski definition) is 6. The lowest BCUT2D eigenvalue weighted by Gasteiger charge is -2.31. The molecule has 224 valence electrons. The topological polar surface area (TPSA) is 125 Å². The van der Waals surface area contributed by atoms with Crippen molar-refractivity contribution in [1.29, 1.82) is 0 Å². The maximum Gasteiger partial charge on any atom is 0.243 e. The van der Waals surface area contributed by atoms with Crippen LogP contribution in [0.1, 0.15) is 86.4 Å². The molecule has 1 aromatic carbocycles. The van der Waals surface area contributed by atoms with Gasteiger partial charge in [-0.2, -0.15) is 0 Å². The maximum atomic E-state index is 12.2. The van der Waals surface area contributed by atoms with Crippen LogP contribution < -0.4 is 10.6 Å². The Labute approximate surface area is 240 Å². The number of aliphatic hydroxyl groups excluding tert-OH is 1. The van der Waals surface area contributed by atoms with Gasteiger partial charge in [-0.15, -0.1) is 0 Å². The SMILES string of the molecule is CC.CCC(C)(C)C(=O)NC(C)C(C)(C)C.Cc1nocc1-c1ccc(CNC(=O)C2CC(O)CN2C=O)cc1. The van der Waals surface area contributed by atoms with Crippen LogP contribution in [0.25, 0.3) is 11.1 Å². The highest BCUT2D eigenvalue weighted by Gasteiger charge is 2.35. The van der Waals surface area contributed by atoms with Crippen LogP contribution in [0.5, 0.6) is 0 Å². The Bertz CT molecular complexity index is 1070. The van der Waals surface area contributed by atoms with Gasteiger partial charge in [0.1, 0.15) is 12.3 Å². The number of rotatable bonds is 8. The van der Waals surface area contributed by atoms with Gasteiger partial charge in [0.2, 0.25) is 18.2 Å². The van der Waals surface area contributed by atoms with E-state index in [0.717, 1.165) is 28.8 Å². The molecule has 1 aliphatic rings. The molecule has 1 aromatic heterocycles. The van der Waals surface area contributed by atoms with Crippen molar-refractivity contribution in [2.75, 3.05) is 6.54 Å². The lowest BCUT2D eigenvalue weighted by molar-refractivity contribution is -0.131. The average Bonchev–Trinajstić information content (AvgIpc) is 3.53. The Hall–Kier alpha value is -3.20. The van der Waals surface area contributed by atoms with E-state index >= 15 is 0 Å². The highest BCUT2D eigenvalue weighted by atomic mass is 16.5. The summed E-state index contributed by atoms with van der Waals surface area (Å²) < 4.78 is 4.93. The minimum Gasteiger partial charge on any atom is -0.391 e. The van der Waals surface area contributed by atoms with Gasteiger partial charge in [0, 0.05) is 36.5 Å². The van der Waals surface area contributed by atoms with Crippen LogP contribution in [0.15, 0.2) is 35.1 Å². The second kappa shape index (κ2) is 15.6. The Morgan fingerprint density at radius 1 is 1.18 bits per heavy atom. The zero-order valence-electron chi connectivity index (χ0n) is 26.0. The summed E-state index contributed by atoms with van der Waals surface area (Å²) in [4.78, 5) is 36.3. The number of amides is 3. The fourth-order valence-corrected chi connectivity index (χ4v) is 3.66. The van der Waals surface area contributed by atoms with E-state index in [-0.39, 0.29) is 41.7 Å². The zero-order valence-corrected chi connectivity index (χ0v) is 26.0. The fraction of sp³-hybridized carbons (Fsp3) is 0.613. The predicted molar refractivity (Wildman–Crippen MR) is 158 cm³/mol. The van der Waals surface area contributed by atoms with Crippen molar-refractivity contribution in [1.82, 2.24) is 20.7 Å². The van der Waals surface area contributed by atoms with Crippen LogP contribution in [0.3, 0.4) is 0 Å². The van der Waals surface area contributed by atoms with Gasteiger partial charge in [-0.25, -0.2) is 0 Å². The van der Waals surface area contributed by atoms with E-state index < -0.39 is 12.1 Å². The van der Waals surface area contributed by atoms with E-state index in [0.29, 0.717) is 13.0 Å². The number of aliphatic hydroxyl groups is 1. The molecule has 3 unspecified atom stereocenters. The Morgan fingerprint density at radius 2 is 1.77 bits per heavy atom. The summed E-state index contributed by atoms with van der Waals surface area (Å²) in [5.41, 5.74) is 3.57. The smallest absolute Gasteiger partial charge is 0.243 e. The van der Waals surface area contributed by atoms with Crippen molar-refractivity contribution in [2.24, 2.45) is 10.8 Å². The second-order valence-electron chi connectivity index (χ2n) is 11.7. The molecule has 1 aliphatic heterocycles. The monoisotopic (exact) mass is 558 g/mol. The molecule has 40 heavy (non-hydrogen) atoms. The minimum absolute atomic E-state index is 0.124. The normalized spacial score (nSPS) is 17.5. The first-order valence-electron chi connectivity index (χ1n) is 14.2. The quantitative estimate of drug-likeness (QED) is 0.398. The molecule has 9 nitrogen and oxygen atoms in total. The molecule has 2 heterocycles. The van der Waals surface area contributed by atoms with E-state index in [4.69, 9.17) is 4.52 Å². The van der Waals surface area contributed by atoms with Gasteiger partial charge in [0.15, 0.2) is 0 Å². The van der Waals surface area contributed by atoms with Crippen LogP contribution in [0.4, 0.5) is 0 Å². The van der Waals surface area contributed by atoms with Crippen LogP contribution in [-0.2, 0) is 20.9 Å². The van der Waals surface area contributed by atoms with Gasteiger partial charge in [-0.3, -0.25) is 14.4 Å². The predicted octanol–water partition coefficient (Wildman–Crippen LogP) is 4.86. The second-order valence-corrected chi connectivity index (χ2v) is 11.7. The van der Waals surface area contributed by atoms with Gasteiger partial charge in [0.05, 0.1) is 11.8 Å². The number of aryl methyl sites for hydroxylation is 1. The van der Waals surface area contributed by atoms with Crippen molar-refractivity contribution in [3.05, 3.63) is 41.8 Å². The summed E-state index contributed by atoms with van der Waals surface area (Å²) in [7, 11) is 0. The van der Waals surface area contributed by atoms with E-state index in [1.807, 2.05) is 65.8 Å². The number of nitrogens with zero attached hydrogens (tertiary/aromatic N) is 2. The summed E-state index contributed by atoms with van der Waals surface area (Å²) >= 11 is 0. The molecule has 0 radical (unpaired) electrons. The Morgan fingerprint density at radius 3 is 2.25 bits per heavy atom. The summed E-state index contributed by atoms with van der Waals surface area (Å²) in [5, 5.41) is 19.3. The van der Waals surface area contributed by atoms with E-state index in [1.54, 1.807) is 6.26 Å². The standard InChI is InChI=1S/C17H19N3O4.C12H25NO.C2H6/c1-11-15(9-24-19-11)13-4-2-12(3-5-13)7-18-17(23)16-6-14(22)8-20(16)10-21;1-8-12(6,7)10(14)13-9(2)11(3,4)5;1-2/h2-5,9-10,14,16,22H,6-8H2,1H3,(H,18,23);9H,8H2,1-7H3,(H,13,14);1-2H3. The van der Waals surface area contributed by atoms with Crippen LogP contribution in [-0.4, -0.2) is 58.1 Å². The molecule has 9 heteroatoms. The van der Waals surface area contributed by atoms with Crippen molar-refractivity contribution in [3.8, 4) is 11.1 Å². The fourth-order valence-electron chi connectivity index (χ4n) is 3.66.